The second kappa shape index (κ2) is 19.3. The second-order valence-electron chi connectivity index (χ2n) is 18.0. The van der Waals surface area contributed by atoms with Gasteiger partial charge in [0.15, 0.2) is 0 Å². The molecule has 4 aliphatic rings. The molecule has 0 N–H and O–H groups in total. The molecule has 0 radical (unpaired) electrons. The van der Waals surface area contributed by atoms with Crippen molar-refractivity contribution in [3.63, 3.8) is 0 Å². The van der Waals surface area contributed by atoms with Crippen molar-refractivity contribution in [2.24, 2.45) is 52.3 Å². The van der Waals surface area contributed by atoms with Gasteiger partial charge in [-0.3, -0.25) is 4.79 Å². The third kappa shape index (κ3) is 10.5. The largest absolute Gasteiger partial charge is 0.299 e. The quantitative estimate of drug-likeness (QED) is 0.0896. The van der Waals surface area contributed by atoms with Crippen LogP contribution in [-0.4, -0.2) is 5.78 Å². The fourth-order valence-corrected chi connectivity index (χ4v) is 11.5. The van der Waals surface area contributed by atoms with Gasteiger partial charge in [0.2, 0.25) is 0 Å². The van der Waals surface area contributed by atoms with E-state index >= 15 is 0 Å². The Kier molecular flexibility index (Phi) is 15.9. The van der Waals surface area contributed by atoms with Crippen molar-refractivity contribution >= 4 is 5.78 Å². The smallest absolute Gasteiger partial charge is 0.136 e. The Morgan fingerprint density at radius 1 is 0.787 bits per heavy atom. The van der Waals surface area contributed by atoms with Gasteiger partial charge in [-0.05, 0) is 136 Å². The fraction of sp³-hybridized carbons (Fsp3) is 0.848. The topological polar surface area (TPSA) is 17.1 Å². The first kappa shape index (κ1) is 38.7. The minimum Gasteiger partial charge on any atom is -0.299 e. The number of carbonyl (C=O) groups excluding carboxylic acids is 1. The summed E-state index contributed by atoms with van der Waals surface area (Å²) in [6.45, 7) is 15.0. The molecule has 268 valence electrons. The summed E-state index contributed by atoms with van der Waals surface area (Å²) in [5, 5.41) is 0. The SMILES string of the molecule is CCCCC/C=C\C/C=C\CCCCCCCCC(=O)[C@H]1CC[C@@]2(C)C(=CCC3C4CCC([C@H](C)CCCC(C)C)[C@@]4(C)CCC32)C1. The van der Waals surface area contributed by atoms with Gasteiger partial charge in [0.05, 0.1) is 0 Å². The summed E-state index contributed by atoms with van der Waals surface area (Å²) in [6, 6.07) is 0. The van der Waals surface area contributed by atoms with E-state index in [1.165, 1.54) is 122 Å². The third-order valence-corrected chi connectivity index (χ3v) is 14.4. The molecular formula is C46H78O. The predicted molar refractivity (Wildman–Crippen MR) is 206 cm³/mol. The molecule has 0 heterocycles. The molecule has 4 rings (SSSR count). The monoisotopic (exact) mass is 647 g/mol. The molecule has 3 fully saturated rings. The van der Waals surface area contributed by atoms with Crippen LogP contribution in [0.4, 0.5) is 0 Å². The Morgan fingerprint density at radius 2 is 1.49 bits per heavy atom. The van der Waals surface area contributed by atoms with Crippen molar-refractivity contribution in [1.29, 1.82) is 0 Å². The Hall–Kier alpha value is -1.11. The number of unbranched alkanes of at least 4 members (excludes halogenated alkanes) is 9. The van der Waals surface area contributed by atoms with E-state index in [-0.39, 0.29) is 0 Å². The number of hydrogen-bond acceptors (Lipinski definition) is 1. The molecule has 0 bridgehead atoms. The highest BCUT2D eigenvalue weighted by Crippen LogP contribution is 2.67. The van der Waals surface area contributed by atoms with Crippen LogP contribution < -0.4 is 0 Å². The molecule has 0 aromatic rings. The summed E-state index contributed by atoms with van der Waals surface area (Å²) in [7, 11) is 0. The summed E-state index contributed by atoms with van der Waals surface area (Å²) in [5.74, 6) is 6.23. The van der Waals surface area contributed by atoms with Crippen LogP contribution >= 0.6 is 0 Å². The minimum absolute atomic E-state index is 0.306. The standard InChI is InChI=1S/C46H78O/c1-7-8-9-10-11-12-13-14-15-16-17-18-19-20-21-22-26-44(47)38-31-33-45(5)39(35-38)27-28-40-42-30-29-41(37(4)25-23-24-36(2)3)46(42,6)34-32-43(40)45/h11-12,14-15,27,36-38,40-43H,7-10,13,16-26,28-35H2,1-6H3/b12-11-,15-14-/t37-,38+,40?,41?,42?,43?,45+,46-/m1/s1. The molecule has 0 aliphatic heterocycles. The van der Waals surface area contributed by atoms with E-state index in [0.29, 0.717) is 22.5 Å². The van der Waals surface area contributed by atoms with Gasteiger partial charge in [0.1, 0.15) is 5.78 Å². The first-order valence-corrected chi connectivity index (χ1v) is 21.2. The summed E-state index contributed by atoms with van der Waals surface area (Å²) >= 11 is 0. The number of allylic oxidation sites excluding steroid dienone is 6. The highest BCUT2D eigenvalue weighted by Gasteiger charge is 2.59. The molecule has 0 aromatic heterocycles. The summed E-state index contributed by atoms with van der Waals surface area (Å²) < 4.78 is 0. The lowest BCUT2D eigenvalue weighted by molar-refractivity contribution is -0.124. The van der Waals surface area contributed by atoms with Gasteiger partial charge < -0.3 is 0 Å². The number of fused-ring (bicyclic) bond motifs is 5. The molecule has 0 amide bonds. The van der Waals surface area contributed by atoms with Crippen molar-refractivity contribution in [3.05, 3.63) is 36.0 Å². The molecule has 47 heavy (non-hydrogen) atoms. The van der Waals surface area contributed by atoms with Gasteiger partial charge in [-0.15, -0.1) is 0 Å². The van der Waals surface area contributed by atoms with Crippen molar-refractivity contribution in [2.45, 2.75) is 196 Å². The summed E-state index contributed by atoms with van der Waals surface area (Å²) in [6.07, 6.45) is 43.0. The van der Waals surface area contributed by atoms with E-state index in [1.54, 1.807) is 5.57 Å². The molecule has 0 saturated heterocycles. The zero-order chi connectivity index (χ0) is 33.7. The van der Waals surface area contributed by atoms with Crippen LogP contribution in [0.1, 0.15) is 196 Å². The highest BCUT2D eigenvalue weighted by atomic mass is 16.1. The van der Waals surface area contributed by atoms with Crippen molar-refractivity contribution < 1.29 is 4.79 Å². The minimum atomic E-state index is 0.306. The molecule has 1 nitrogen and oxygen atoms in total. The molecule has 4 aliphatic carbocycles. The lowest BCUT2D eigenvalue weighted by Crippen LogP contribution is -2.50. The van der Waals surface area contributed by atoms with E-state index in [2.05, 4.69) is 71.9 Å². The lowest BCUT2D eigenvalue weighted by Gasteiger charge is -2.58. The number of Topliss-reactive ketones (excluding diaryl/α,β-unsaturated/α-hetero) is 1. The first-order chi connectivity index (χ1) is 22.7. The van der Waals surface area contributed by atoms with E-state index in [1.807, 2.05) is 0 Å². The van der Waals surface area contributed by atoms with Crippen molar-refractivity contribution in [2.75, 3.05) is 0 Å². The van der Waals surface area contributed by atoms with Crippen LogP contribution in [0.2, 0.25) is 0 Å². The number of rotatable bonds is 21. The molecule has 8 atom stereocenters. The third-order valence-electron chi connectivity index (χ3n) is 14.4. The van der Waals surface area contributed by atoms with E-state index in [4.69, 9.17) is 0 Å². The van der Waals surface area contributed by atoms with Crippen LogP contribution in [0.25, 0.3) is 0 Å². The van der Waals surface area contributed by atoms with Gasteiger partial charge in [0, 0.05) is 12.3 Å². The number of hydrogen-bond donors (Lipinski definition) is 0. The Labute approximate surface area is 293 Å². The normalized spacial score (nSPS) is 32.8. The first-order valence-electron chi connectivity index (χ1n) is 21.2. The Bertz CT molecular complexity index is 1010. The van der Waals surface area contributed by atoms with Crippen LogP contribution in [0, 0.1) is 52.3 Å². The van der Waals surface area contributed by atoms with E-state index in [9.17, 15) is 4.79 Å². The van der Waals surface area contributed by atoms with Crippen molar-refractivity contribution in [1.82, 2.24) is 0 Å². The second-order valence-corrected chi connectivity index (χ2v) is 18.0. The Morgan fingerprint density at radius 3 is 2.21 bits per heavy atom. The number of carbonyl (C=O) groups is 1. The molecular weight excluding hydrogens is 569 g/mol. The number of ketones is 1. The van der Waals surface area contributed by atoms with Crippen LogP contribution in [0.3, 0.4) is 0 Å². The van der Waals surface area contributed by atoms with Gasteiger partial charge in [-0.1, -0.05) is 135 Å². The Balaban J connectivity index is 1.13. The van der Waals surface area contributed by atoms with Crippen LogP contribution in [-0.2, 0) is 4.79 Å². The maximum atomic E-state index is 13.4. The maximum Gasteiger partial charge on any atom is 0.136 e. The van der Waals surface area contributed by atoms with Gasteiger partial charge >= 0.3 is 0 Å². The molecule has 1 heteroatoms. The molecule has 0 spiro atoms. The highest BCUT2D eigenvalue weighted by molar-refractivity contribution is 5.81. The average Bonchev–Trinajstić information content (AvgIpc) is 3.41. The molecule has 3 saturated carbocycles. The van der Waals surface area contributed by atoms with E-state index in [0.717, 1.165) is 67.6 Å². The van der Waals surface area contributed by atoms with Crippen molar-refractivity contribution in [3.8, 4) is 0 Å². The molecule has 0 aromatic carbocycles. The van der Waals surface area contributed by atoms with Gasteiger partial charge in [-0.25, -0.2) is 0 Å². The maximum absolute atomic E-state index is 13.4. The fourth-order valence-electron chi connectivity index (χ4n) is 11.5. The van der Waals surface area contributed by atoms with Gasteiger partial charge in [0.25, 0.3) is 0 Å². The average molecular weight is 647 g/mol. The zero-order valence-corrected chi connectivity index (χ0v) is 32.3. The summed E-state index contributed by atoms with van der Waals surface area (Å²) in [4.78, 5) is 13.4. The lowest BCUT2D eigenvalue weighted by atomic mass is 9.46. The zero-order valence-electron chi connectivity index (χ0n) is 32.3. The van der Waals surface area contributed by atoms with Crippen LogP contribution in [0.15, 0.2) is 36.0 Å². The van der Waals surface area contributed by atoms with Crippen LogP contribution in [0.5, 0.6) is 0 Å². The van der Waals surface area contributed by atoms with E-state index < -0.39 is 0 Å². The molecule has 4 unspecified atom stereocenters. The predicted octanol–water partition coefficient (Wildman–Crippen LogP) is 14.4. The summed E-state index contributed by atoms with van der Waals surface area (Å²) in [5.41, 5.74) is 2.62. The van der Waals surface area contributed by atoms with Gasteiger partial charge in [-0.2, -0.15) is 0 Å².